The minimum Gasteiger partial charge on any atom is -0.456 e. The zero-order chi connectivity index (χ0) is 16.4. The summed E-state index contributed by atoms with van der Waals surface area (Å²) in [7, 11) is 0. The van der Waals surface area contributed by atoms with Crippen molar-refractivity contribution < 1.29 is 14.3 Å². The van der Waals surface area contributed by atoms with Gasteiger partial charge in [0.15, 0.2) is 6.61 Å². The Bertz CT molecular complexity index is 778. The molecule has 1 amide bonds. The van der Waals surface area contributed by atoms with E-state index in [2.05, 4.69) is 0 Å². The fraction of sp³-hybridized carbons (Fsp3) is 0.176. The van der Waals surface area contributed by atoms with E-state index in [1.165, 1.54) is 0 Å². The Morgan fingerprint density at radius 1 is 1.13 bits per heavy atom. The molecule has 1 heterocycles. The predicted octanol–water partition coefficient (Wildman–Crippen LogP) is 4.42. The van der Waals surface area contributed by atoms with Crippen molar-refractivity contribution in [3.63, 3.8) is 0 Å². The minimum absolute atomic E-state index is 0.238. The van der Waals surface area contributed by atoms with Gasteiger partial charge in [0.1, 0.15) is 0 Å². The molecule has 1 aliphatic heterocycles. The molecule has 0 spiro atoms. The topological polar surface area (TPSA) is 46.6 Å². The second kappa shape index (κ2) is 6.64. The molecule has 0 aromatic heterocycles. The number of hydrogen-bond acceptors (Lipinski definition) is 4. The summed E-state index contributed by atoms with van der Waals surface area (Å²) in [5.41, 5.74) is 1.48. The van der Waals surface area contributed by atoms with Gasteiger partial charge >= 0.3 is 5.97 Å². The Labute approximate surface area is 143 Å². The van der Waals surface area contributed by atoms with Crippen molar-refractivity contribution in [1.82, 2.24) is 0 Å². The van der Waals surface area contributed by atoms with Gasteiger partial charge in [0.2, 0.25) is 0 Å². The molecular weight excluding hydrogens is 334 g/mol. The van der Waals surface area contributed by atoms with Crippen molar-refractivity contribution in [2.24, 2.45) is 0 Å². The lowest BCUT2D eigenvalue weighted by Crippen LogP contribution is -2.32. The lowest BCUT2D eigenvalue weighted by molar-refractivity contribution is -0.147. The Balaban J connectivity index is 1.99. The fourth-order valence-corrected chi connectivity index (χ4v) is 3.51. The first-order valence-electron chi connectivity index (χ1n) is 7.15. The van der Waals surface area contributed by atoms with Gasteiger partial charge in [-0.2, -0.15) is 0 Å². The zero-order valence-corrected chi connectivity index (χ0v) is 14.0. The molecule has 6 heteroatoms. The number of rotatable bonds is 3. The molecule has 0 radical (unpaired) electrons. The third-order valence-corrected chi connectivity index (χ3v) is 4.75. The number of benzene rings is 2. The summed E-state index contributed by atoms with van der Waals surface area (Å²) in [4.78, 5) is 27.4. The largest absolute Gasteiger partial charge is 0.456 e. The van der Waals surface area contributed by atoms with Gasteiger partial charge < -0.3 is 4.74 Å². The van der Waals surface area contributed by atoms with Crippen LogP contribution in [0, 0.1) is 0 Å². The minimum atomic E-state index is -0.399. The number of carbonyl (C=O) groups excluding carboxylic acids is 2. The number of nitrogens with zero attached hydrogens (tertiary/aromatic N) is 1. The number of esters is 1. The van der Waals surface area contributed by atoms with Crippen molar-refractivity contribution in [1.29, 1.82) is 0 Å². The molecule has 0 unspecified atom stereocenters. The normalized spacial score (nSPS) is 12.3. The molecule has 4 nitrogen and oxygen atoms in total. The lowest BCUT2D eigenvalue weighted by Gasteiger charge is -2.31. The van der Waals surface area contributed by atoms with E-state index in [1.54, 1.807) is 35.7 Å². The summed E-state index contributed by atoms with van der Waals surface area (Å²) in [5.74, 6) is -0.701. The van der Waals surface area contributed by atoms with E-state index in [0.29, 0.717) is 10.7 Å². The van der Waals surface area contributed by atoms with Crippen LogP contribution in [0.5, 0.6) is 0 Å². The third-order valence-electron chi connectivity index (χ3n) is 3.38. The zero-order valence-electron chi connectivity index (χ0n) is 12.4. The maximum absolute atomic E-state index is 12.7. The highest BCUT2D eigenvalue weighted by atomic mass is 35.5. The molecule has 0 bridgehead atoms. The van der Waals surface area contributed by atoms with E-state index < -0.39 is 5.97 Å². The van der Waals surface area contributed by atoms with Gasteiger partial charge in [-0.1, -0.05) is 42.4 Å². The van der Waals surface area contributed by atoms with Gasteiger partial charge in [-0.15, -0.1) is 0 Å². The maximum Gasteiger partial charge on any atom is 0.306 e. The molecule has 0 saturated carbocycles. The summed E-state index contributed by atoms with van der Waals surface area (Å²) < 4.78 is 5.00. The molecule has 0 atom stereocenters. The van der Waals surface area contributed by atoms with Crippen molar-refractivity contribution in [2.45, 2.75) is 23.1 Å². The molecule has 3 rings (SSSR count). The molecule has 0 aliphatic carbocycles. The lowest BCUT2D eigenvalue weighted by atomic mass is 10.2. The molecule has 2 aromatic rings. The second-order valence-electron chi connectivity index (χ2n) is 4.93. The van der Waals surface area contributed by atoms with E-state index in [1.807, 2.05) is 30.3 Å². The third kappa shape index (κ3) is 3.21. The molecule has 23 heavy (non-hydrogen) atoms. The summed E-state index contributed by atoms with van der Waals surface area (Å²) >= 11 is 7.67. The van der Waals surface area contributed by atoms with E-state index in [-0.39, 0.29) is 18.9 Å². The van der Waals surface area contributed by atoms with Crippen LogP contribution in [-0.4, -0.2) is 18.5 Å². The Morgan fingerprint density at radius 2 is 1.87 bits per heavy atom. The van der Waals surface area contributed by atoms with Crippen LogP contribution in [0.15, 0.2) is 52.3 Å². The second-order valence-corrected chi connectivity index (χ2v) is 6.45. The van der Waals surface area contributed by atoms with E-state index in [0.717, 1.165) is 15.5 Å². The number of halogens is 1. The highest BCUT2D eigenvalue weighted by molar-refractivity contribution is 7.99. The molecule has 0 saturated heterocycles. The Kier molecular flexibility index (Phi) is 4.59. The van der Waals surface area contributed by atoms with E-state index >= 15 is 0 Å². The summed E-state index contributed by atoms with van der Waals surface area (Å²) in [6.07, 6.45) is 0.238. The first-order valence-corrected chi connectivity index (χ1v) is 8.34. The molecule has 118 valence electrons. The molecular formula is C17H14ClNO3S. The van der Waals surface area contributed by atoms with Crippen LogP contribution in [0.1, 0.15) is 13.3 Å². The van der Waals surface area contributed by atoms with E-state index in [9.17, 15) is 9.59 Å². The average molecular weight is 348 g/mol. The highest BCUT2D eigenvalue weighted by Crippen LogP contribution is 2.48. The van der Waals surface area contributed by atoms with Crippen LogP contribution in [0.4, 0.5) is 11.4 Å². The van der Waals surface area contributed by atoms with Crippen LogP contribution >= 0.6 is 23.4 Å². The van der Waals surface area contributed by atoms with Gasteiger partial charge in [0, 0.05) is 21.2 Å². The number of hydrogen-bond donors (Lipinski definition) is 0. The number of para-hydroxylation sites is 1. The monoisotopic (exact) mass is 347 g/mol. The molecule has 2 aromatic carbocycles. The Morgan fingerprint density at radius 3 is 2.65 bits per heavy atom. The smallest absolute Gasteiger partial charge is 0.306 e. The van der Waals surface area contributed by atoms with Crippen LogP contribution in [-0.2, 0) is 14.3 Å². The SMILES string of the molecule is CCC(=O)OCC(=O)N1c2ccccc2Sc2ccc(Cl)cc21. The van der Waals surface area contributed by atoms with Crippen molar-refractivity contribution >= 4 is 46.6 Å². The summed E-state index contributed by atoms with van der Waals surface area (Å²) in [6.45, 7) is 1.40. The highest BCUT2D eigenvalue weighted by Gasteiger charge is 2.28. The Hall–Kier alpha value is -1.98. The first kappa shape index (κ1) is 15.9. The van der Waals surface area contributed by atoms with Gasteiger partial charge in [-0.3, -0.25) is 14.5 Å². The predicted molar refractivity (Wildman–Crippen MR) is 90.4 cm³/mol. The average Bonchev–Trinajstić information content (AvgIpc) is 2.57. The number of carbonyl (C=O) groups is 2. The standard InChI is InChI=1S/C17H14ClNO3S/c1-2-17(21)22-10-16(20)19-12-5-3-4-6-14(12)23-15-8-7-11(18)9-13(15)19/h3-9H,2,10H2,1H3. The molecule has 0 fully saturated rings. The first-order chi connectivity index (χ1) is 11.1. The number of ether oxygens (including phenoxy) is 1. The molecule has 0 N–H and O–H groups in total. The van der Waals surface area contributed by atoms with E-state index in [4.69, 9.17) is 16.3 Å². The van der Waals surface area contributed by atoms with Gasteiger partial charge in [0.05, 0.1) is 11.4 Å². The van der Waals surface area contributed by atoms with Crippen molar-refractivity contribution in [3.8, 4) is 0 Å². The summed E-state index contributed by atoms with van der Waals surface area (Å²) in [6, 6.07) is 13.0. The fourth-order valence-electron chi connectivity index (χ4n) is 2.31. The number of fused-ring (bicyclic) bond motifs is 2. The van der Waals surface area contributed by atoms with Crippen molar-refractivity contribution in [3.05, 3.63) is 47.5 Å². The molecule has 1 aliphatic rings. The van der Waals surface area contributed by atoms with Gasteiger partial charge in [-0.25, -0.2) is 0 Å². The summed E-state index contributed by atoms with van der Waals surface area (Å²) in [5, 5.41) is 0.548. The maximum atomic E-state index is 12.7. The van der Waals surface area contributed by atoms with Gasteiger partial charge in [0.25, 0.3) is 5.91 Å². The van der Waals surface area contributed by atoms with Crippen LogP contribution in [0.3, 0.4) is 0 Å². The quantitative estimate of drug-likeness (QED) is 0.771. The van der Waals surface area contributed by atoms with Crippen LogP contribution < -0.4 is 4.90 Å². The van der Waals surface area contributed by atoms with Gasteiger partial charge in [-0.05, 0) is 30.3 Å². The number of anilines is 2. The van der Waals surface area contributed by atoms with Crippen molar-refractivity contribution in [2.75, 3.05) is 11.5 Å². The van der Waals surface area contributed by atoms with Crippen LogP contribution in [0.25, 0.3) is 0 Å². The van der Waals surface area contributed by atoms with Crippen LogP contribution in [0.2, 0.25) is 5.02 Å². The number of amides is 1.